The van der Waals surface area contributed by atoms with Crippen LogP contribution in [0.5, 0.6) is 0 Å². The van der Waals surface area contributed by atoms with Crippen molar-refractivity contribution in [3.63, 3.8) is 0 Å². The third-order valence-corrected chi connectivity index (χ3v) is 3.02. The summed E-state index contributed by atoms with van der Waals surface area (Å²) in [7, 11) is 1.64. The van der Waals surface area contributed by atoms with Gasteiger partial charge in [0.05, 0.1) is 18.7 Å². The van der Waals surface area contributed by atoms with Crippen LogP contribution in [-0.2, 0) is 22.6 Å². The molecule has 0 aromatic carbocycles. The molecule has 1 saturated carbocycles. The molecular formula is C10H14N2O2S. The average Bonchev–Trinajstić information content (AvgIpc) is 2.88. The van der Waals surface area contributed by atoms with Crippen LogP contribution < -0.4 is 5.32 Å². The Bertz CT molecular complexity index is 347. The summed E-state index contributed by atoms with van der Waals surface area (Å²) in [5.74, 6) is 0.0757. The van der Waals surface area contributed by atoms with E-state index in [0.717, 1.165) is 23.5 Å². The van der Waals surface area contributed by atoms with Crippen LogP contribution in [0, 0.1) is 0 Å². The van der Waals surface area contributed by atoms with Gasteiger partial charge in [-0.15, -0.1) is 11.3 Å². The smallest absolute Gasteiger partial charge is 0.226 e. The average molecular weight is 226 g/mol. The normalized spacial score (nSPS) is 15.3. The minimum absolute atomic E-state index is 0.0757. The number of thiazole rings is 1. The number of carbonyl (C=O) groups is 1. The van der Waals surface area contributed by atoms with Gasteiger partial charge in [0.2, 0.25) is 5.91 Å². The number of nitrogens with zero attached hydrogens (tertiary/aromatic N) is 1. The maximum Gasteiger partial charge on any atom is 0.226 e. The fourth-order valence-corrected chi connectivity index (χ4v) is 2.05. The van der Waals surface area contributed by atoms with Crippen LogP contribution in [0.2, 0.25) is 0 Å². The summed E-state index contributed by atoms with van der Waals surface area (Å²) < 4.78 is 4.97. The number of carbonyl (C=O) groups excluding carboxylic acids is 1. The molecule has 0 saturated heterocycles. The molecule has 15 heavy (non-hydrogen) atoms. The Balaban J connectivity index is 1.83. The molecule has 82 valence electrons. The van der Waals surface area contributed by atoms with Gasteiger partial charge < -0.3 is 10.1 Å². The van der Waals surface area contributed by atoms with Gasteiger partial charge in [-0.05, 0) is 12.8 Å². The lowest BCUT2D eigenvalue weighted by molar-refractivity contribution is -0.120. The molecule has 0 aliphatic heterocycles. The summed E-state index contributed by atoms with van der Waals surface area (Å²) in [4.78, 5) is 15.8. The zero-order chi connectivity index (χ0) is 10.7. The molecule has 5 heteroatoms. The van der Waals surface area contributed by atoms with Gasteiger partial charge in [-0.1, -0.05) is 0 Å². The Morgan fingerprint density at radius 3 is 3.20 bits per heavy atom. The molecular weight excluding hydrogens is 212 g/mol. The van der Waals surface area contributed by atoms with Crippen molar-refractivity contribution in [2.24, 2.45) is 0 Å². The summed E-state index contributed by atoms with van der Waals surface area (Å²) in [5.41, 5.74) is 0.838. The molecule has 4 nitrogen and oxygen atoms in total. The first-order valence-electron chi connectivity index (χ1n) is 4.99. The first-order valence-corrected chi connectivity index (χ1v) is 5.87. The van der Waals surface area contributed by atoms with Crippen molar-refractivity contribution >= 4 is 17.2 Å². The fourth-order valence-electron chi connectivity index (χ4n) is 1.29. The topological polar surface area (TPSA) is 51.2 Å². The first kappa shape index (κ1) is 10.6. The van der Waals surface area contributed by atoms with Crippen LogP contribution >= 0.6 is 11.3 Å². The largest absolute Gasteiger partial charge is 0.378 e. The third kappa shape index (κ3) is 3.28. The summed E-state index contributed by atoms with van der Waals surface area (Å²) in [6, 6.07) is 0.426. The zero-order valence-electron chi connectivity index (χ0n) is 8.66. The van der Waals surface area contributed by atoms with Crippen LogP contribution in [0.3, 0.4) is 0 Å². The predicted molar refractivity (Wildman–Crippen MR) is 57.7 cm³/mol. The van der Waals surface area contributed by atoms with Crippen molar-refractivity contribution < 1.29 is 9.53 Å². The number of amides is 1. The van der Waals surface area contributed by atoms with E-state index >= 15 is 0 Å². The summed E-state index contributed by atoms with van der Waals surface area (Å²) in [6.45, 7) is 0.523. The van der Waals surface area contributed by atoms with Crippen LogP contribution in [0.4, 0.5) is 0 Å². The predicted octanol–water partition coefficient (Wildman–Crippen LogP) is 1.11. The van der Waals surface area contributed by atoms with Crippen molar-refractivity contribution in [1.29, 1.82) is 0 Å². The van der Waals surface area contributed by atoms with E-state index in [2.05, 4.69) is 10.3 Å². The quantitative estimate of drug-likeness (QED) is 0.818. The molecule has 1 heterocycles. The lowest BCUT2D eigenvalue weighted by atomic mass is 10.3. The molecule has 1 fully saturated rings. The number of hydrogen-bond donors (Lipinski definition) is 1. The van der Waals surface area contributed by atoms with E-state index in [1.807, 2.05) is 5.38 Å². The van der Waals surface area contributed by atoms with Crippen LogP contribution in [-0.4, -0.2) is 24.0 Å². The molecule has 1 aromatic rings. The number of ether oxygens (including phenoxy) is 1. The summed E-state index contributed by atoms with van der Waals surface area (Å²) in [5, 5.41) is 5.78. The van der Waals surface area contributed by atoms with E-state index in [0.29, 0.717) is 19.1 Å². The Hall–Kier alpha value is -0.940. The Labute approximate surface area is 92.7 Å². The Kier molecular flexibility index (Phi) is 3.33. The molecule has 0 unspecified atom stereocenters. The molecule has 1 amide bonds. The number of hydrogen-bond acceptors (Lipinski definition) is 4. The van der Waals surface area contributed by atoms with Gasteiger partial charge in [0.15, 0.2) is 0 Å². The molecule has 2 rings (SSSR count). The standard InChI is InChI=1S/C10H14N2O2S/c1-14-5-10-12-8(6-15-10)4-9(13)11-7-2-3-7/h6-7H,2-5H2,1H3,(H,11,13). The van der Waals surface area contributed by atoms with Gasteiger partial charge in [-0.3, -0.25) is 4.79 Å². The molecule has 0 radical (unpaired) electrons. The first-order chi connectivity index (χ1) is 7.28. The van der Waals surface area contributed by atoms with Gasteiger partial charge >= 0.3 is 0 Å². The number of methoxy groups -OCH3 is 1. The van der Waals surface area contributed by atoms with E-state index in [4.69, 9.17) is 4.74 Å². The zero-order valence-corrected chi connectivity index (χ0v) is 9.47. The van der Waals surface area contributed by atoms with E-state index in [1.54, 1.807) is 7.11 Å². The van der Waals surface area contributed by atoms with Crippen LogP contribution in [0.1, 0.15) is 23.5 Å². The van der Waals surface area contributed by atoms with Gasteiger partial charge in [-0.2, -0.15) is 0 Å². The highest BCUT2D eigenvalue weighted by molar-refractivity contribution is 7.09. The second kappa shape index (κ2) is 4.72. The monoisotopic (exact) mass is 226 g/mol. The highest BCUT2D eigenvalue weighted by Gasteiger charge is 2.23. The van der Waals surface area contributed by atoms with E-state index in [1.165, 1.54) is 11.3 Å². The van der Waals surface area contributed by atoms with Crippen molar-refractivity contribution in [3.8, 4) is 0 Å². The summed E-state index contributed by atoms with van der Waals surface area (Å²) >= 11 is 1.53. The molecule has 0 atom stereocenters. The maximum absolute atomic E-state index is 11.5. The minimum Gasteiger partial charge on any atom is -0.378 e. The van der Waals surface area contributed by atoms with Crippen LogP contribution in [0.15, 0.2) is 5.38 Å². The minimum atomic E-state index is 0.0757. The molecule has 1 aliphatic rings. The van der Waals surface area contributed by atoms with Gasteiger partial charge in [-0.25, -0.2) is 4.98 Å². The number of rotatable bonds is 5. The second-order valence-electron chi connectivity index (χ2n) is 3.68. The molecule has 1 aliphatic carbocycles. The van der Waals surface area contributed by atoms with E-state index < -0.39 is 0 Å². The number of aromatic nitrogens is 1. The van der Waals surface area contributed by atoms with Gasteiger partial charge in [0.25, 0.3) is 0 Å². The molecule has 1 N–H and O–H groups in total. The SMILES string of the molecule is COCc1nc(CC(=O)NC2CC2)cs1. The van der Waals surface area contributed by atoms with Gasteiger partial charge in [0.1, 0.15) is 5.01 Å². The highest BCUT2D eigenvalue weighted by Crippen LogP contribution is 2.19. The van der Waals surface area contributed by atoms with Crippen molar-refractivity contribution in [2.75, 3.05) is 7.11 Å². The molecule has 0 bridgehead atoms. The second-order valence-corrected chi connectivity index (χ2v) is 4.63. The third-order valence-electron chi connectivity index (χ3n) is 2.15. The molecule has 1 aromatic heterocycles. The Morgan fingerprint density at radius 1 is 1.73 bits per heavy atom. The van der Waals surface area contributed by atoms with E-state index in [9.17, 15) is 4.79 Å². The lowest BCUT2D eigenvalue weighted by Crippen LogP contribution is -2.27. The highest BCUT2D eigenvalue weighted by atomic mass is 32.1. The Morgan fingerprint density at radius 2 is 2.53 bits per heavy atom. The van der Waals surface area contributed by atoms with Crippen LogP contribution in [0.25, 0.3) is 0 Å². The van der Waals surface area contributed by atoms with Crippen molar-refractivity contribution in [2.45, 2.75) is 31.9 Å². The van der Waals surface area contributed by atoms with Gasteiger partial charge in [0, 0.05) is 18.5 Å². The van der Waals surface area contributed by atoms with Crippen molar-refractivity contribution in [3.05, 3.63) is 16.1 Å². The van der Waals surface area contributed by atoms with E-state index in [-0.39, 0.29) is 5.91 Å². The number of nitrogens with one attached hydrogen (secondary N) is 1. The van der Waals surface area contributed by atoms with Crippen molar-refractivity contribution in [1.82, 2.24) is 10.3 Å². The summed E-state index contributed by atoms with van der Waals surface area (Å²) in [6.07, 6.45) is 2.63. The fraction of sp³-hybridized carbons (Fsp3) is 0.600. The molecule has 0 spiro atoms. The maximum atomic E-state index is 11.5. The lowest BCUT2D eigenvalue weighted by Gasteiger charge is -1.99.